The molecule has 0 unspecified atom stereocenters. The van der Waals surface area contributed by atoms with E-state index in [1.54, 1.807) is 45.0 Å². The van der Waals surface area contributed by atoms with Gasteiger partial charge in [0.2, 0.25) is 11.8 Å². The lowest BCUT2D eigenvalue weighted by Crippen LogP contribution is -2.58. The number of amides is 6. The molecule has 3 N–H and O–H groups in total. The number of nitrogens with zero attached hydrogens (tertiary/aromatic N) is 2. The summed E-state index contributed by atoms with van der Waals surface area (Å²) in [6.45, 7) is 5.35. The molecule has 0 saturated carbocycles. The molecule has 11 nitrogen and oxygen atoms in total. The van der Waals surface area contributed by atoms with Gasteiger partial charge in [0.1, 0.15) is 5.75 Å². The van der Waals surface area contributed by atoms with E-state index in [2.05, 4.69) is 21.2 Å². The van der Waals surface area contributed by atoms with E-state index in [9.17, 15) is 24.0 Å². The third-order valence-electron chi connectivity index (χ3n) is 5.01. The van der Waals surface area contributed by atoms with Crippen molar-refractivity contribution in [1.29, 1.82) is 0 Å². The van der Waals surface area contributed by atoms with Gasteiger partial charge in [-0.15, -0.1) is 0 Å². The first-order chi connectivity index (χ1) is 16.5. The molecule has 1 fully saturated rings. The van der Waals surface area contributed by atoms with Gasteiger partial charge in [-0.2, -0.15) is 5.10 Å². The molecule has 3 rings (SSSR count). The van der Waals surface area contributed by atoms with E-state index >= 15 is 0 Å². The largest absolute Gasteiger partial charge is 0.497 e. The Hall–Kier alpha value is -4.54. The summed E-state index contributed by atoms with van der Waals surface area (Å²) in [5.41, 5.74) is 2.68. The number of urea groups is 1. The lowest BCUT2D eigenvalue weighted by molar-refractivity contribution is -0.131. The fourth-order valence-corrected chi connectivity index (χ4v) is 2.96. The number of hydrazone groups is 1. The van der Waals surface area contributed by atoms with Crippen LogP contribution in [-0.2, 0) is 14.4 Å². The van der Waals surface area contributed by atoms with Gasteiger partial charge in [-0.05, 0) is 48.5 Å². The van der Waals surface area contributed by atoms with Crippen molar-refractivity contribution in [3.8, 4) is 5.75 Å². The average molecular weight is 479 g/mol. The fourth-order valence-electron chi connectivity index (χ4n) is 2.96. The first-order valence-electron chi connectivity index (χ1n) is 10.6. The van der Waals surface area contributed by atoms with Crippen molar-refractivity contribution in [3.63, 3.8) is 0 Å². The molecule has 0 aromatic heterocycles. The van der Waals surface area contributed by atoms with E-state index in [-0.39, 0.29) is 17.2 Å². The molecule has 0 bridgehead atoms. The van der Waals surface area contributed by atoms with E-state index in [4.69, 9.17) is 4.74 Å². The summed E-state index contributed by atoms with van der Waals surface area (Å²) in [4.78, 5) is 62.5. The summed E-state index contributed by atoms with van der Waals surface area (Å²) in [5.74, 6) is -3.34. The smallest absolute Gasteiger partial charge is 0.335 e. The molecule has 0 radical (unpaired) electrons. The van der Waals surface area contributed by atoms with Gasteiger partial charge in [0.05, 0.1) is 12.8 Å². The highest BCUT2D eigenvalue weighted by Gasteiger charge is 2.40. The van der Waals surface area contributed by atoms with Crippen LogP contribution >= 0.6 is 0 Å². The SMILES string of the molecule is COc1ccc(N2C(=O)NC(=O)[C@@H](/C=N\NC(=O)c3ccc(NC(=O)C(C)(C)C)cc3)C2=O)cc1. The van der Waals surface area contributed by atoms with Crippen molar-refractivity contribution in [3.05, 3.63) is 54.1 Å². The normalized spacial score (nSPS) is 16.2. The molecular weight excluding hydrogens is 454 g/mol. The zero-order chi connectivity index (χ0) is 25.8. The van der Waals surface area contributed by atoms with Crippen molar-refractivity contribution in [2.45, 2.75) is 20.8 Å². The summed E-state index contributed by atoms with van der Waals surface area (Å²) in [6, 6.07) is 11.3. The van der Waals surface area contributed by atoms with Gasteiger partial charge < -0.3 is 10.1 Å². The zero-order valence-corrected chi connectivity index (χ0v) is 19.6. The Kier molecular flexibility index (Phi) is 7.28. The predicted octanol–water partition coefficient (Wildman–Crippen LogP) is 2.29. The molecule has 0 aliphatic carbocycles. The first-order valence-corrected chi connectivity index (χ1v) is 10.6. The maximum Gasteiger partial charge on any atom is 0.335 e. The topological polar surface area (TPSA) is 146 Å². The van der Waals surface area contributed by atoms with Gasteiger partial charge in [-0.25, -0.2) is 15.1 Å². The average Bonchev–Trinajstić information content (AvgIpc) is 2.81. The quantitative estimate of drug-likeness (QED) is 0.329. The highest BCUT2D eigenvalue weighted by molar-refractivity contribution is 6.32. The minimum Gasteiger partial charge on any atom is -0.497 e. The third kappa shape index (κ3) is 5.88. The lowest BCUT2D eigenvalue weighted by Gasteiger charge is -2.28. The molecule has 1 saturated heterocycles. The van der Waals surface area contributed by atoms with Crippen molar-refractivity contribution in [1.82, 2.24) is 10.7 Å². The van der Waals surface area contributed by atoms with Crippen LogP contribution in [0.15, 0.2) is 53.6 Å². The Labute approximate surface area is 201 Å². The minimum absolute atomic E-state index is 0.170. The maximum atomic E-state index is 12.8. The van der Waals surface area contributed by atoms with E-state index in [0.717, 1.165) is 11.1 Å². The second-order valence-corrected chi connectivity index (χ2v) is 8.64. The molecule has 2 aromatic rings. The van der Waals surface area contributed by atoms with Gasteiger partial charge in [-0.1, -0.05) is 20.8 Å². The molecule has 1 atom stereocenters. The lowest BCUT2D eigenvalue weighted by atomic mass is 9.95. The Bertz CT molecular complexity index is 1180. The standard InChI is InChI=1S/C24H25N5O6/c1-24(2,3)22(33)26-15-7-5-14(6-8-15)19(30)28-25-13-18-20(31)27-23(34)29(21(18)32)16-9-11-17(35-4)12-10-16/h5-13,18H,1-4H3,(H,26,33)(H,28,30)(H,27,31,34)/b25-13-/t18-/m1/s1. The number of hydrogen-bond donors (Lipinski definition) is 3. The molecule has 1 aliphatic rings. The predicted molar refractivity (Wildman–Crippen MR) is 128 cm³/mol. The number of anilines is 2. The number of ether oxygens (including phenoxy) is 1. The van der Waals surface area contributed by atoms with Crippen LogP contribution in [-0.4, -0.2) is 43.0 Å². The summed E-state index contributed by atoms with van der Waals surface area (Å²) in [7, 11) is 1.48. The second kappa shape index (κ2) is 10.2. The van der Waals surface area contributed by atoms with Crippen molar-refractivity contribution >= 4 is 47.2 Å². The number of carbonyl (C=O) groups is 5. The Balaban J connectivity index is 1.65. The first kappa shape index (κ1) is 25.1. The summed E-state index contributed by atoms with van der Waals surface area (Å²) >= 11 is 0. The van der Waals surface area contributed by atoms with Crippen LogP contribution in [0.2, 0.25) is 0 Å². The fraction of sp³-hybridized carbons (Fsp3) is 0.250. The van der Waals surface area contributed by atoms with E-state index in [1.165, 1.54) is 31.4 Å². The molecule has 35 heavy (non-hydrogen) atoms. The Morgan fingerprint density at radius 3 is 2.23 bits per heavy atom. The zero-order valence-electron chi connectivity index (χ0n) is 19.6. The maximum absolute atomic E-state index is 12.8. The number of barbiturate groups is 1. The van der Waals surface area contributed by atoms with Crippen LogP contribution in [0.1, 0.15) is 31.1 Å². The molecule has 2 aromatic carbocycles. The molecular formula is C24H25N5O6. The highest BCUT2D eigenvalue weighted by Crippen LogP contribution is 2.23. The number of imide groups is 2. The van der Waals surface area contributed by atoms with Gasteiger partial charge >= 0.3 is 6.03 Å². The molecule has 0 spiro atoms. The number of hydrogen-bond acceptors (Lipinski definition) is 7. The third-order valence-corrected chi connectivity index (χ3v) is 5.01. The summed E-state index contributed by atoms with van der Waals surface area (Å²) in [5, 5.41) is 8.57. The minimum atomic E-state index is -1.43. The van der Waals surface area contributed by atoms with Crippen LogP contribution in [0, 0.1) is 11.3 Å². The summed E-state index contributed by atoms with van der Waals surface area (Å²) in [6.07, 6.45) is 0.955. The number of nitrogens with one attached hydrogen (secondary N) is 3. The molecule has 6 amide bonds. The molecule has 182 valence electrons. The Morgan fingerprint density at radius 2 is 1.66 bits per heavy atom. The molecule has 1 heterocycles. The summed E-state index contributed by atoms with van der Waals surface area (Å²) < 4.78 is 5.06. The van der Waals surface area contributed by atoms with Crippen LogP contribution in [0.5, 0.6) is 5.75 Å². The molecule has 11 heteroatoms. The number of carbonyl (C=O) groups excluding carboxylic acids is 5. The van der Waals surface area contributed by atoms with Crippen LogP contribution < -0.4 is 25.7 Å². The van der Waals surface area contributed by atoms with Crippen LogP contribution in [0.4, 0.5) is 16.2 Å². The number of benzene rings is 2. The number of rotatable bonds is 6. The second-order valence-electron chi connectivity index (χ2n) is 8.64. The van der Waals surface area contributed by atoms with Gasteiger partial charge in [-0.3, -0.25) is 24.5 Å². The van der Waals surface area contributed by atoms with Crippen LogP contribution in [0.25, 0.3) is 0 Å². The monoisotopic (exact) mass is 479 g/mol. The van der Waals surface area contributed by atoms with Gasteiger partial charge in [0.15, 0.2) is 5.92 Å². The molecule has 1 aliphatic heterocycles. The highest BCUT2D eigenvalue weighted by atomic mass is 16.5. The van der Waals surface area contributed by atoms with E-state index in [0.29, 0.717) is 11.4 Å². The van der Waals surface area contributed by atoms with Crippen molar-refractivity contribution in [2.24, 2.45) is 16.4 Å². The number of methoxy groups -OCH3 is 1. The van der Waals surface area contributed by atoms with E-state index in [1.807, 2.05) is 0 Å². The van der Waals surface area contributed by atoms with Crippen molar-refractivity contribution < 1.29 is 28.7 Å². The van der Waals surface area contributed by atoms with Gasteiger partial charge in [0, 0.05) is 22.9 Å². The van der Waals surface area contributed by atoms with Crippen molar-refractivity contribution in [2.75, 3.05) is 17.3 Å². The van der Waals surface area contributed by atoms with Gasteiger partial charge in [0.25, 0.3) is 11.8 Å². The van der Waals surface area contributed by atoms with Crippen LogP contribution in [0.3, 0.4) is 0 Å². The van der Waals surface area contributed by atoms with E-state index < -0.39 is 35.1 Å². The Morgan fingerprint density at radius 1 is 1.03 bits per heavy atom.